The summed E-state index contributed by atoms with van der Waals surface area (Å²) in [7, 11) is 0. The highest BCUT2D eigenvalue weighted by Crippen LogP contribution is 2.11. The molecular weight excluding hydrogens is 282 g/mol. The number of thiophene rings is 1. The monoisotopic (exact) mass is 305 g/mol. The van der Waals surface area contributed by atoms with Crippen molar-refractivity contribution in [1.29, 1.82) is 0 Å². The molecule has 0 bridgehead atoms. The average Bonchev–Trinajstić information content (AvgIpc) is 3.04. The van der Waals surface area contributed by atoms with Crippen molar-refractivity contribution in [3.8, 4) is 0 Å². The molecule has 2 aromatic rings. The Labute approximate surface area is 130 Å². The lowest BCUT2D eigenvalue weighted by atomic mass is 10.1. The second-order valence-corrected chi connectivity index (χ2v) is 6.63. The molecule has 0 aromatic carbocycles. The van der Waals surface area contributed by atoms with E-state index in [0.29, 0.717) is 18.9 Å². The molecule has 0 saturated carbocycles. The van der Waals surface area contributed by atoms with Crippen molar-refractivity contribution in [2.75, 3.05) is 6.54 Å². The molecule has 2 rings (SSSR count). The summed E-state index contributed by atoms with van der Waals surface area (Å²) < 4.78 is 2.01. The van der Waals surface area contributed by atoms with E-state index in [0.717, 1.165) is 18.7 Å². The summed E-state index contributed by atoms with van der Waals surface area (Å²) in [4.78, 5) is 13.1. The van der Waals surface area contributed by atoms with Crippen LogP contribution in [0.25, 0.3) is 0 Å². The SMILES string of the molecule is Cc1cc(C)n(C[C@H](C)CNC(=O)CCc2cccs2)n1. The number of hydrogen-bond acceptors (Lipinski definition) is 3. The number of amides is 1. The van der Waals surface area contributed by atoms with Crippen LogP contribution in [0.1, 0.15) is 29.6 Å². The van der Waals surface area contributed by atoms with E-state index in [2.05, 4.69) is 36.4 Å². The second-order valence-electron chi connectivity index (χ2n) is 5.60. The Kier molecular flexibility index (Phi) is 5.56. The van der Waals surface area contributed by atoms with Crippen LogP contribution in [0.2, 0.25) is 0 Å². The molecule has 4 nitrogen and oxygen atoms in total. The number of rotatable bonds is 7. The summed E-state index contributed by atoms with van der Waals surface area (Å²) in [6.07, 6.45) is 1.39. The van der Waals surface area contributed by atoms with E-state index < -0.39 is 0 Å². The Hall–Kier alpha value is -1.62. The van der Waals surface area contributed by atoms with Crippen molar-refractivity contribution in [2.45, 2.75) is 40.2 Å². The summed E-state index contributed by atoms with van der Waals surface area (Å²) in [5.74, 6) is 0.498. The topological polar surface area (TPSA) is 46.9 Å². The van der Waals surface area contributed by atoms with Gasteiger partial charge in [0.1, 0.15) is 0 Å². The maximum atomic E-state index is 11.8. The third-order valence-corrected chi connectivity index (χ3v) is 4.35. The molecule has 1 N–H and O–H groups in total. The molecule has 0 aliphatic rings. The molecular formula is C16H23N3OS. The number of nitrogens with zero attached hydrogens (tertiary/aromatic N) is 2. The Morgan fingerprint density at radius 1 is 1.48 bits per heavy atom. The van der Waals surface area contributed by atoms with Gasteiger partial charge in [-0.2, -0.15) is 5.10 Å². The van der Waals surface area contributed by atoms with E-state index >= 15 is 0 Å². The van der Waals surface area contributed by atoms with Gasteiger partial charge in [0.2, 0.25) is 5.91 Å². The molecule has 0 unspecified atom stereocenters. The molecule has 0 aliphatic heterocycles. The van der Waals surface area contributed by atoms with E-state index in [9.17, 15) is 4.79 Å². The van der Waals surface area contributed by atoms with Gasteiger partial charge in [-0.1, -0.05) is 13.0 Å². The summed E-state index contributed by atoms with van der Waals surface area (Å²) in [5, 5.41) is 9.51. The first-order chi connectivity index (χ1) is 10.0. The number of aryl methyl sites for hydroxylation is 3. The maximum Gasteiger partial charge on any atom is 0.220 e. The van der Waals surface area contributed by atoms with Crippen LogP contribution in [-0.4, -0.2) is 22.2 Å². The fourth-order valence-corrected chi connectivity index (χ4v) is 3.00. The van der Waals surface area contributed by atoms with Gasteiger partial charge in [-0.15, -0.1) is 11.3 Å². The zero-order valence-corrected chi connectivity index (χ0v) is 13.7. The molecule has 0 radical (unpaired) electrons. The fourth-order valence-electron chi connectivity index (χ4n) is 2.29. The van der Waals surface area contributed by atoms with E-state index in [1.54, 1.807) is 11.3 Å². The Morgan fingerprint density at radius 3 is 2.90 bits per heavy atom. The quantitative estimate of drug-likeness (QED) is 0.855. The summed E-state index contributed by atoms with van der Waals surface area (Å²) in [5.41, 5.74) is 2.21. The van der Waals surface area contributed by atoms with E-state index in [1.807, 2.05) is 23.1 Å². The number of aromatic nitrogens is 2. The number of carbonyl (C=O) groups excluding carboxylic acids is 1. The largest absolute Gasteiger partial charge is 0.356 e. The molecule has 1 atom stereocenters. The van der Waals surface area contributed by atoms with Crippen molar-refractivity contribution < 1.29 is 4.79 Å². The summed E-state index contributed by atoms with van der Waals surface area (Å²) >= 11 is 1.70. The summed E-state index contributed by atoms with van der Waals surface area (Å²) in [6, 6.07) is 6.17. The number of hydrogen-bond donors (Lipinski definition) is 1. The van der Waals surface area contributed by atoms with Crippen LogP contribution in [-0.2, 0) is 17.8 Å². The average molecular weight is 305 g/mol. The van der Waals surface area contributed by atoms with Gasteiger partial charge >= 0.3 is 0 Å². The van der Waals surface area contributed by atoms with Gasteiger partial charge in [-0.25, -0.2) is 0 Å². The first-order valence-electron chi connectivity index (χ1n) is 7.34. The van der Waals surface area contributed by atoms with Gasteiger partial charge in [-0.05, 0) is 43.7 Å². The Morgan fingerprint density at radius 2 is 2.29 bits per heavy atom. The second kappa shape index (κ2) is 7.41. The Bertz CT molecular complexity index is 574. The zero-order valence-electron chi connectivity index (χ0n) is 12.9. The third-order valence-electron chi connectivity index (χ3n) is 3.41. The standard InChI is InChI=1S/C16H23N3OS/c1-12(11-19-14(3)9-13(2)18-19)10-17-16(20)7-6-15-5-4-8-21-15/h4-5,8-9,12H,6-7,10-11H2,1-3H3,(H,17,20)/t12-/m1/s1. The van der Waals surface area contributed by atoms with Crippen molar-refractivity contribution in [3.05, 3.63) is 39.8 Å². The Balaban J connectivity index is 1.69. The normalized spacial score (nSPS) is 12.3. The van der Waals surface area contributed by atoms with E-state index in [-0.39, 0.29) is 5.91 Å². The van der Waals surface area contributed by atoms with Gasteiger partial charge in [-0.3, -0.25) is 9.48 Å². The van der Waals surface area contributed by atoms with Gasteiger partial charge in [0.25, 0.3) is 0 Å². The lowest BCUT2D eigenvalue weighted by Gasteiger charge is -2.14. The van der Waals surface area contributed by atoms with Crippen LogP contribution in [0.3, 0.4) is 0 Å². The van der Waals surface area contributed by atoms with Gasteiger partial charge in [0, 0.05) is 30.1 Å². The smallest absolute Gasteiger partial charge is 0.220 e. The fraction of sp³-hybridized carbons (Fsp3) is 0.500. The van der Waals surface area contributed by atoms with Crippen LogP contribution < -0.4 is 5.32 Å². The van der Waals surface area contributed by atoms with Crippen LogP contribution in [0, 0.1) is 19.8 Å². The molecule has 1 amide bonds. The van der Waals surface area contributed by atoms with E-state index in [4.69, 9.17) is 0 Å². The third kappa shape index (κ3) is 5.01. The maximum absolute atomic E-state index is 11.8. The van der Waals surface area contributed by atoms with Crippen LogP contribution in [0.4, 0.5) is 0 Å². The minimum absolute atomic E-state index is 0.128. The molecule has 21 heavy (non-hydrogen) atoms. The highest BCUT2D eigenvalue weighted by Gasteiger charge is 2.09. The molecule has 0 aliphatic carbocycles. The highest BCUT2D eigenvalue weighted by atomic mass is 32.1. The van der Waals surface area contributed by atoms with Gasteiger partial charge in [0.05, 0.1) is 5.69 Å². The van der Waals surface area contributed by atoms with Gasteiger partial charge in [0.15, 0.2) is 0 Å². The molecule has 0 spiro atoms. The minimum Gasteiger partial charge on any atom is -0.356 e. The van der Waals surface area contributed by atoms with Crippen molar-refractivity contribution in [2.24, 2.45) is 5.92 Å². The van der Waals surface area contributed by atoms with Crippen molar-refractivity contribution in [3.63, 3.8) is 0 Å². The predicted octanol–water partition coefficient (Wildman–Crippen LogP) is 2.95. The predicted molar refractivity (Wildman–Crippen MR) is 86.5 cm³/mol. The molecule has 5 heteroatoms. The van der Waals surface area contributed by atoms with Crippen molar-refractivity contribution >= 4 is 17.2 Å². The molecule has 0 fully saturated rings. The number of carbonyl (C=O) groups is 1. The summed E-state index contributed by atoms with van der Waals surface area (Å²) in [6.45, 7) is 7.73. The van der Waals surface area contributed by atoms with Crippen LogP contribution in [0.15, 0.2) is 23.6 Å². The molecule has 0 saturated heterocycles. The van der Waals surface area contributed by atoms with E-state index in [1.165, 1.54) is 10.6 Å². The van der Waals surface area contributed by atoms with Gasteiger partial charge < -0.3 is 5.32 Å². The molecule has 2 aromatic heterocycles. The first-order valence-corrected chi connectivity index (χ1v) is 8.22. The lowest BCUT2D eigenvalue weighted by Crippen LogP contribution is -2.30. The number of nitrogens with one attached hydrogen (secondary N) is 1. The zero-order chi connectivity index (χ0) is 15.2. The first kappa shape index (κ1) is 15.8. The van der Waals surface area contributed by atoms with Crippen LogP contribution in [0.5, 0.6) is 0 Å². The minimum atomic E-state index is 0.128. The van der Waals surface area contributed by atoms with Crippen LogP contribution >= 0.6 is 11.3 Å². The lowest BCUT2D eigenvalue weighted by molar-refractivity contribution is -0.121. The van der Waals surface area contributed by atoms with Crippen molar-refractivity contribution in [1.82, 2.24) is 15.1 Å². The molecule has 114 valence electrons. The highest BCUT2D eigenvalue weighted by molar-refractivity contribution is 7.09. The molecule has 2 heterocycles.